The van der Waals surface area contributed by atoms with Crippen LogP contribution in [0.5, 0.6) is 0 Å². The van der Waals surface area contributed by atoms with Crippen molar-refractivity contribution < 1.29 is 13.2 Å². The molecule has 2 nitrogen and oxygen atoms in total. The van der Waals surface area contributed by atoms with Crippen LogP contribution in [0, 0.1) is 11.6 Å². The highest BCUT2D eigenvalue weighted by molar-refractivity contribution is 5.70. The van der Waals surface area contributed by atoms with Gasteiger partial charge in [-0.3, -0.25) is 4.39 Å². The molecular formula is C13H11F3N2. The summed E-state index contributed by atoms with van der Waals surface area (Å²) in [6.45, 7) is -0.465. The van der Waals surface area contributed by atoms with E-state index in [9.17, 15) is 13.2 Å². The number of halogens is 3. The maximum absolute atomic E-state index is 13.9. The number of nitrogens with zero attached hydrogens (tertiary/aromatic N) is 2. The highest BCUT2D eigenvalue weighted by Gasteiger charge is 2.33. The van der Waals surface area contributed by atoms with Gasteiger partial charge in [0.05, 0.1) is 30.9 Å². The van der Waals surface area contributed by atoms with Crippen LogP contribution in [0.3, 0.4) is 0 Å². The van der Waals surface area contributed by atoms with Crippen LogP contribution in [-0.4, -0.2) is 16.2 Å². The lowest BCUT2D eigenvalue weighted by atomic mass is 9.99. The maximum atomic E-state index is 13.9. The molecule has 94 valence electrons. The van der Waals surface area contributed by atoms with E-state index in [4.69, 9.17) is 0 Å². The number of fused-ring (bicyclic) bond motifs is 3. The van der Waals surface area contributed by atoms with Gasteiger partial charge in [0, 0.05) is 11.1 Å². The summed E-state index contributed by atoms with van der Waals surface area (Å²) in [5, 5.41) is 0. The first kappa shape index (κ1) is 11.3. The van der Waals surface area contributed by atoms with Gasteiger partial charge in [0.1, 0.15) is 11.6 Å². The molecule has 3 rings (SSSR count). The zero-order valence-electron chi connectivity index (χ0n) is 9.54. The Morgan fingerprint density at radius 1 is 1.22 bits per heavy atom. The largest absolute Gasteiger partial charge is 0.323 e. The summed E-state index contributed by atoms with van der Waals surface area (Å²) in [5.41, 5.74) is 1.14. The lowest BCUT2D eigenvalue weighted by molar-refractivity contribution is 0.423. The number of imidazole rings is 1. The van der Waals surface area contributed by atoms with Crippen molar-refractivity contribution in [3.63, 3.8) is 0 Å². The van der Waals surface area contributed by atoms with Crippen molar-refractivity contribution >= 4 is 0 Å². The molecule has 1 unspecified atom stereocenters. The zero-order valence-corrected chi connectivity index (χ0v) is 9.54. The van der Waals surface area contributed by atoms with Crippen molar-refractivity contribution in [2.24, 2.45) is 0 Å². The third-order valence-corrected chi connectivity index (χ3v) is 3.34. The molecule has 1 aliphatic heterocycles. The number of rotatable bonds is 3. The monoisotopic (exact) mass is 252 g/mol. The zero-order chi connectivity index (χ0) is 12.7. The van der Waals surface area contributed by atoms with E-state index in [1.807, 2.05) is 0 Å². The van der Waals surface area contributed by atoms with Gasteiger partial charge in [0.15, 0.2) is 0 Å². The molecule has 0 saturated carbocycles. The molecule has 0 spiro atoms. The minimum absolute atomic E-state index is 0.261. The second-order valence-electron chi connectivity index (χ2n) is 4.35. The second-order valence-corrected chi connectivity index (χ2v) is 4.35. The van der Waals surface area contributed by atoms with Crippen LogP contribution in [0.25, 0.3) is 11.3 Å². The minimum Gasteiger partial charge on any atom is -0.323 e. The van der Waals surface area contributed by atoms with Crippen molar-refractivity contribution in [1.82, 2.24) is 9.55 Å². The van der Waals surface area contributed by atoms with Gasteiger partial charge in [0.2, 0.25) is 0 Å². The van der Waals surface area contributed by atoms with E-state index in [1.54, 1.807) is 4.57 Å². The quantitative estimate of drug-likeness (QED) is 0.817. The maximum Gasteiger partial charge on any atom is 0.133 e. The summed E-state index contributed by atoms with van der Waals surface area (Å²) in [4.78, 5) is 3.95. The highest BCUT2D eigenvalue weighted by Crippen LogP contribution is 2.43. The van der Waals surface area contributed by atoms with E-state index in [1.165, 1.54) is 12.5 Å². The molecule has 0 saturated heterocycles. The Hall–Kier alpha value is -1.78. The molecule has 1 aromatic carbocycles. The van der Waals surface area contributed by atoms with Crippen molar-refractivity contribution in [2.45, 2.75) is 18.9 Å². The average Bonchev–Trinajstić information content (AvgIpc) is 2.92. The predicted octanol–water partition coefficient (Wildman–Crippen LogP) is 3.48. The Kier molecular flexibility index (Phi) is 2.61. The predicted molar refractivity (Wildman–Crippen MR) is 60.9 cm³/mol. The fourth-order valence-electron chi connectivity index (χ4n) is 2.59. The Balaban J connectivity index is 2.18. The molecule has 2 aromatic rings. The van der Waals surface area contributed by atoms with Crippen LogP contribution in [0.1, 0.15) is 24.4 Å². The van der Waals surface area contributed by atoms with E-state index in [0.717, 1.165) is 12.1 Å². The third-order valence-electron chi connectivity index (χ3n) is 3.34. The van der Waals surface area contributed by atoms with Crippen molar-refractivity contribution in [3.8, 4) is 11.3 Å². The molecule has 0 N–H and O–H groups in total. The Labute approximate surface area is 102 Å². The van der Waals surface area contributed by atoms with E-state index in [2.05, 4.69) is 4.98 Å². The van der Waals surface area contributed by atoms with Gasteiger partial charge < -0.3 is 4.57 Å². The Morgan fingerprint density at radius 2 is 2.00 bits per heavy atom. The first-order valence-electron chi connectivity index (χ1n) is 5.80. The summed E-state index contributed by atoms with van der Waals surface area (Å²) in [5.74, 6) is -0.908. The van der Waals surface area contributed by atoms with Crippen LogP contribution in [0.2, 0.25) is 0 Å². The third kappa shape index (κ3) is 1.46. The molecule has 0 radical (unpaired) electrons. The van der Waals surface area contributed by atoms with Gasteiger partial charge in [-0.05, 0) is 25.0 Å². The fraction of sp³-hybridized carbons (Fsp3) is 0.308. The number of hydrogen-bond donors (Lipinski definition) is 0. The van der Waals surface area contributed by atoms with Crippen LogP contribution in [0.4, 0.5) is 13.2 Å². The molecule has 18 heavy (non-hydrogen) atoms. The van der Waals surface area contributed by atoms with Crippen LogP contribution >= 0.6 is 0 Å². The van der Waals surface area contributed by atoms with Gasteiger partial charge in [-0.2, -0.15) is 0 Å². The smallest absolute Gasteiger partial charge is 0.133 e. The molecule has 1 aliphatic rings. The Morgan fingerprint density at radius 3 is 2.78 bits per heavy atom. The first-order chi connectivity index (χ1) is 8.74. The van der Waals surface area contributed by atoms with Gasteiger partial charge in [-0.25, -0.2) is 13.8 Å². The normalized spacial score (nSPS) is 16.7. The van der Waals surface area contributed by atoms with Gasteiger partial charge >= 0.3 is 0 Å². The standard InChI is InChI=1S/C13H11F3N2/c14-5-1-2-10-12-8(15)3-4-9(16)13(12)11-6-17-7-18(10)11/h3-4,6-7,10H,1-2,5H2. The summed E-state index contributed by atoms with van der Waals surface area (Å²) in [6, 6.07) is 1.88. The van der Waals surface area contributed by atoms with Gasteiger partial charge in [0.25, 0.3) is 0 Å². The summed E-state index contributed by atoms with van der Waals surface area (Å²) < 4.78 is 41.8. The lowest BCUT2D eigenvalue weighted by Crippen LogP contribution is -2.07. The summed E-state index contributed by atoms with van der Waals surface area (Å²) in [6.07, 6.45) is 3.80. The fourth-order valence-corrected chi connectivity index (χ4v) is 2.59. The SMILES string of the molecule is FCCCC1c2c(F)ccc(F)c2-c2cncn21. The van der Waals surface area contributed by atoms with Crippen LogP contribution in [0.15, 0.2) is 24.7 Å². The molecule has 0 aliphatic carbocycles. The van der Waals surface area contributed by atoms with Crippen molar-refractivity contribution in [2.75, 3.05) is 6.67 Å². The number of aromatic nitrogens is 2. The molecule has 0 bridgehead atoms. The average molecular weight is 252 g/mol. The molecular weight excluding hydrogens is 241 g/mol. The van der Waals surface area contributed by atoms with Gasteiger partial charge in [-0.1, -0.05) is 0 Å². The molecule has 1 atom stereocenters. The van der Waals surface area contributed by atoms with Crippen LogP contribution < -0.4 is 0 Å². The Bertz CT molecular complexity index is 592. The highest BCUT2D eigenvalue weighted by atomic mass is 19.1. The van der Waals surface area contributed by atoms with E-state index < -0.39 is 18.3 Å². The molecule has 5 heteroatoms. The second kappa shape index (κ2) is 4.15. The van der Waals surface area contributed by atoms with Crippen molar-refractivity contribution in [3.05, 3.63) is 41.9 Å². The van der Waals surface area contributed by atoms with E-state index in [-0.39, 0.29) is 11.6 Å². The van der Waals surface area contributed by atoms with E-state index >= 15 is 0 Å². The lowest BCUT2D eigenvalue weighted by Gasteiger charge is -2.14. The number of hydrogen-bond acceptors (Lipinski definition) is 1. The molecule has 0 amide bonds. The minimum atomic E-state index is -0.465. The van der Waals surface area contributed by atoms with Crippen molar-refractivity contribution in [1.29, 1.82) is 0 Å². The molecule has 0 fully saturated rings. The van der Waals surface area contributed by atoms with Crippen LogP contribution in [-0.2, 0) is 0 Å². The molecule has 1 aromatic heterocycles. The topological polar surface area (TPSA) is 17.8 Å². The molecule has 2 heterocycles. The number of alkyl halides is 1. The van der Waals surface area contributed by atoms with E-state index in [0.29, 0.717) is 24.1 Å². The first-order valence-corrected chi connectivity index (χ1v) is 5.80. The summed E-state index contributed by atoms with van der Waals surface area (Å²) >= 11 is 0. The number of benzene rings is 1. The van der Waals surface area contributed by atoms with Gasteiger partial charge in [-0.15, -0.1) is 0 Å². The summed E-state index contributed by atoms with van der Waals surface area (Å²) in [7, 11) is 0.